The molecule has 3 aromatic heterocycles. The van der Waals surface area contributed by atoms with Gasteiger partial charge < -0.3 is 29.1 Å². The Labute approximate surface area is 319 Å². The molecule has 2 aliphatic heterocycles. The summed E-state index contributed by atoms with van der Waals surface area (Å²) in [6.07, 6.45) is 8.24. The number of fused-ring (bicyclic) bond motifs is 3. The fraction of sp³-hybridized carbons (Fsp3) is 0.700. The number of amides is 1. The minimum Gasteiger partial charge on any atom is -0.444 e. The van der Waals surface area contributed by atoms with Crippen molar-refractivity contribution >= 4 is 33.7 Å². The van der Waals surface area contributed by atoms with E-state index in [0.29, 0.717) is 45.2 Å². The van der Waals surface area contributed by atoms with E-state index in [0.717, 1.165) is 66.1 Å². The third-order valence-corrected chi connectivity index (χ3v) is 14.2. The fourth-order valence-corrected chi connectivity index (χ4v) is 8.86. The summed E-state index contributed by atoms with van der Waals surface area (Å²) in [6, 6.07) is 8.48. The zero-order chi connectivity index (χ0) is 38.8. The number of carbonyl (C=O) groups excluding carboxylic acids is 1. The maximum atomic E-state index is 13.3. The molecule has 53 heavy (non-hydrogen) atoms. The summed E-state index contributed by atoms with van der Waals surface area (Å²) in [4.78, 5) is 27.6. The summed E-state index contributed by atoms with van der Waals surface area (Å²) < 4.78 is 20.5. The van der Waals surface area contributed by atoms with Crippen molar-refractivity contribution in [3.8, 4) is 11.1 Å². The predicted molar refractivity (Wildman–Crippen MR) is 218 cm³/mol. The number of hydrogen-bond acceptors (Lipinski definition) is 9. The molecule has 1 amide bonds. The first-order valence-corrected chi connectivity index (χ1v) is 27.2. The van der Waals surface area contributed by atoms with E-state index in [9.17, 15) is 9.90 Å². The minimum absolute atomic E-state index is 0.109. The second-order valence-electron chi connectivity index (χ2n) is 18.7. The van der Waals surface area contributed by atoms with Crippen LogP contribution in [0.25, 0.3) is 16.8 Å². The normalized spacial score (nSPS) is 19.6. The topological polar surface area (TPSA) is 115 Å². The van der Waals surface area contributed by atoms with Crippen LogP contribution in [0.4, 0.5) is 10.6 Å². The largest absolute Gasteiger partial charge is 0.444 e. The van der Waals surface area contributed by atoms with Crippen LogP contribution in [0.3, 0.4) is 0 Å². The molecule has 0 aromatic carbocycles. The highest BCUT2D eigenvalue weighted by molar-refractivity contribution is 6.76. The van der Waals surface area contributed by atoms with Gasteiger partial charge >= 0.3 is 6.09 Å². The molecule has 0 saturated carbocycles. The zero-order valence-corrected chi connectivity index (χ0v) is 36.4. The summed E-state index contributed by atoms with van der Waals surface area (Å²) in [5.74, 6) is 1.03. The van der Waals surface area contributed by atoms with Gasteiger partial charge in [-0.3, -0.25) is 4.98 Å². The number of ether oxygens (including phenoxy) is 3. The van der Waals surface area contributed by atoms with Gasteiger partial charge in [0, 0.05) is 76.4 Å². The molecular weight excluding hydrogens is 701 g/mol. The Morgan fingerprint density at radius 1 is 0.925 bits per heavy atom. The van der Waals surface area contributed by atoms with Gasteiger partial charge in [-0.1, -0.05) is 59.2 Å². The van der Waals surface area contributed by atoms with Crippen LogP contribution in [-0.4, -0.2) is 96.2 Å². The SMILES string of the molecule is CCC(O)(CC)c1ccc(-c2cnn3c(N(COCC[Si](C)(C)C)COCC[Si](C)(C)C)cc(C4CC5CCC(C4)N5C(=O)OC(C)(C)C)nc23)cn1. The number of pyridine rings is 1. The number of nitrogens with zero attached hydrogens (tertiary/aromatic N) is 6. The van der Waals surface area contributed by atoms with Crippen LogP contribution in [-0.2, 0) is 19.8 Å². The van der Waals surface area contributed by atoms with E-state index < -0.39 is 27.3 Å². The monoisotopic (exact) mass is 766 g/mol. The van der Waals surface area contributed by atoms with Crippen molar-refractivity contribution in [1.82, 2.24) is 24.5 Å². The molecule has 2 atom stereocenters. The molecule has 2 fully saturated rings. The van der Waals surface area contributed by atoms with Crippen LogP contribution in [0.1, 0.15) is 90.4 Å². The Kier molecular flexibility index (Phi) is 12.9. The summed E-state index contributed by atoms with van der Waals surface area (Å²) in [5.41, 5.74) is 2.65. The van der Waals surface area contributed by atoms with E-state index in [1.807, 2.05) is 68.6 Å². The molecule has 1 N–H and O–H groups in total. The number of hydrogen-bond donors (Lipinski definition) is 1. The van der Waals surface area contributed by atoms with Gasteiger partial charge in [0.2, 0.25) is 0 Å². The molecular formula is C40H66N6O5Si2. The number of piperidine rings is 1. The van der Waals surface area contributed by atoms with E-state index in [1.54, 1.807) is 0 Å². The zero-order valence-electron chi connectivity index (χ0n) is 34.4. The van der Waals surface area contributed by atoms with Gasteiger partial charge in [0.15, 0.2) is 5.65 Å². The lowest BCUT2D eigenvalue weighted by atomic mass is 9.88. The molecule has 2 bridgehead atoms. The van der Waals surface area contributed by atoms with Gasteiger partial charge in [-0.05, 0) is 77.5 Å². The summed E-state index contributed by atoms with van der Waals surface area (Å²) in [5, 5.41) is 16.1. The fourth-order valence-electron chi connectivity index (χ4n) is 7.35. The number of anilines is 1. The average molecular weight is 767 g/mol. The standard InChI is InChI=1S/C40H66N6O5Si2/c1-12-40(48,13-2)35-17-14-29(25-41-35)33-26-42-46-36(44(27-49-18-20-52(6,7)8)28-50-19-21-53(9,10)11)24-34(43-37(33)46)30-22-31-15-16-32(23-30)45(31)38(47)51-39(3,4)5/h14,17,24-26,30-32,48H,12-13,15-16,18-23,27-28H2,1-11H3. The Morgan fingerprint density at radius 3 is 2.00 bits per heavy atom. The lowest BCUT2D eigenvalue weighted by molar-refractivity contribution is 0.00567. The maximum Gasteiger partial charge on any atom is 0.410 e. The van der Waals surface area contributed by atoms with Gasteiger partial charge in [-0.15, -0.1) is 0 Å². The number of rotatable bonds is 16. The van der Waals surface area contributed by atoms with Gasteiger partial charge in [-0.2, -0.15) is 9.61 Å². The molecule has 2 unspecified atom stereocenters. The second-order valence-corrected chi connectivity index (χ2v) is 29.9. The molecule has 0 spiro atoms. The molecule has 3 aromatic rings. The Balaban J connectivity index is 1.54. The van der Waals surface area contributed by atoms with E-state index in [4.69, 9.17) is 29.3 Å². The second kappa shape index (κ2) is 16.5. The quantitative estimate of drug-likeness (QED) is 0.0868. The van der Waals surface area contributed by atoms with Crippen molar-refractivity contribution < 1.29 is 24.1 Å². The molecule has 294 valence electrons. The van der Waals surface area contributed by atoms with Crippen LogP contribution >= 0.6 is 0 Å². The molecule has 11 nitrogen and oxygen atoms in total. The Bertz CT molecular complexity index is 1640. The maximum absolute atomic E-state index is 13.3. The summed E-state index contributed by atoms with van der Waals surface area (Å²) in [6.45, 7) is 26.1. The predicted octanol–water partition coefficient (Wildman–Crippen LogP) is 8.88. The van der Waals surface area contributed by atoms with Gasteiger partial charge in [0.25, 0.3) is 0 Å². The third-order valence-electron chi connectivity index (χ3n) is 10.8. The first kappa shape index (κ1) is 41.3. The number of aromatic nitrogens is 4. The van der Waals surface area contributed by atoms with Crippen molar-refractivity contribution in [2.24, 2.45) is 0 Å². The van der Waals surface area contributed by atoms with E-state index in [2.05, 4.69) is 50.2 Å². The molecule has 2 saturated heterocycles. The smallest absolute Gasteiger partial charge is 0.410 e. The van der Waals surface area contributed by atoms with Crippen LogP contribution in [0, 0.1) is 0 Å². The molecule has 0 radical (unpaired) electrons. The van der Waals surface area contributed by atoms with Gasteiger partial charge in [0.05, 0.1) is 11.9 Å². The summed E-state index contributed by atoms with van der Waals surface area (Å²) >= 11 is 0. The third kappa shape index (κ3) is 10.5. The van der Waals surface area contributed by atoms with Crippen molar-refractivity contribution in [3.63, 3.8) is 0 Å². The number of carbonyl (C=O) groups is 1. The van der Waals surface area contributed by atoms with Crippen molar-refractivity contribution in [2.75, 3.05) is 31.6 Å². The van der Waals surface area contributed by atoms with E-state index in [-0.39, 0.29) is 24.1 Å². The molecule has 5 heterocycles. The Hall–Kier alpha value is -2.85. The van der Waals surface area contributed by atoms with Crippen LogP contribution in [0.15, 0.2) is 30.6 Å². The highest BCUT2D eigenvalue weighted by atomic mass is 28.3. The molecule has 0 aliphatic carbocycles. The lowest BCUT2D eigenvalue weighted by Crippen LogP contribution is -2.48. The van der Waals surface area contributed by atoms with Crippen molar-refractivity contribution in [3.05, 3.63) is 42.0 Å². The van der Waals surface area contributed by atoms with Gasteiger partial charge in [0.1, 0.15) is 30.5 Å². The highest BCUT2D eigenvalue weighted by Gasteiger charge is 2.45. The van der Waals surface area contributed by atoms with E-state index in [1.165, 1.54) is 0 Å². The Morgan fingerprint density at radius 2 is 1.51 bits per heavy atom. The lowest BCUT2D eigenvalue weighted by Gasteiger charge is -2.39. The molecule has 2 aliphatic rings. The minimum atomic E-state index is -1.28. The first-order valence-electron chi connectivity index (χ1n) is 19.8. The van der Waals surface area contributed by atoms with Crippen molar-refractivity contribution in [2.45, 2.75) is 154 Å². The first-order chi connectivity index (χ1) is 24.8. The summed E-state index contributed by atoms with van der Waals surface area (Å²) in [7, 11) is -2.56. The van der Waals surface area contributed by atoms with Crippen LogP contribution < -0.4 is 4.90 Å². The average Bonchev–Trinajstić information content (AvgIpc) is 3.63. The van der Waals surface area contributed by atoms with Gasteiger partial charge in [-0.25, -0.2) is 9.78 Å². The molecule has 5 rings (SSSR count). The van der Waals surface area contributed by atoms with Crippen LogP contribution in [0.2, 0.25) is 51.4 Å². The molecule has 13 heteroatoms. The van der Waals surface area contributed by atoms with Crippen LogP contribution in [0.5, 0.6) is 0 Å². The number of aliphatic hydroxyl groups is 1. The highest BCUT2D eigenvalue weighted by Crippen LogP contribution is 2.44. The van der Waals surface area contributed by atoms with Crippen molar-refractivity contribution in [1.29, 1.82) is 0 Å². The van der Waals surface area contributed by atoms with E-state index >= 15 is 0 Å².